The maximum absolute atomic E-state index is 5.63. The van der Waals surface area contributed by atoms with Crippen molar-refractivity contribution in [2.45, 2.75) is 18.9 Å². The smallest absolute Gasteiger partial charge is 0.0300 e. The second-order valence-electron chi connectivity index (χ2n) is 4.22. The number of benzene rings is 1. The number of nitrogens with two attached hydrogens (primary N) is 1. The highest BCUT2D eigenvalue weighted by Crippen LogP contribution is 2.18. The molecule has 94 valence electrons. The van der Waals surface area contributed by atoms with E-state index in [9.17, 15) is 0 Å². The summed E-state index contributed by atoms with van der Waals surface area (Å²) in [6.07, 6.45) is 5.41. The first-order valence-electron chi connectivity index (χ1n) is 5.88. The molecule has 1 atom stereocenters. The normalized spacial score (nSPS) is 12.3. The Morgan fingerprint density at radius 2 is 2.00 bits per heavy atom. The van der Waals surface area contributed by atoms with Crippen molar-refractivity contribution in [3.63, 3.8) is 0 Å². The Bertz CT molecular complexity index is 487. The van der Waals surface area contributed by atoms with E-state index in [1.807, 2.05) is 30.5 Å². The Hall–Kier alpha value is -1.23. The molecule has 0 aliphatic carbocycles. The lowest BCUT2D eigenvalue weighted by Gasteiger charge is -2.16. The van der Waals surface area contributed by atoms with Crippen molar-refractivity contribution in [3.8, 4) is 0 Å². The van der Waals surface area contributed by atoms with Crippen LogP contribution in [0.4, 0.5) is 0 Å². The summed E-state index contributed by atoms with van der Waals surface area (Å²) in [5.74, 6) is 5.63. The first kappa shape index (κ1) is 13.2. The van der Waals surface area contributed by atoms with E-state index in [0.717, 1.165) is 17.3 Å². The molecule has 0 radical (unpaired) electrons. The number of hydrogen-bond donors (Lipinski definition) is 2. The van der Waals surface area contributed by atoms with E-state index in [2.05, 4.69) is 38.5 Å². The third-order valence-electron chi connectivity index (χ3n) is 2.86. The predicted octanol–water partition coefficient (Wildman–Crippen LogP) is 2.46. The number of hydrogen-bond acceptors (Lipinski definition) is 3. The van der Waals surface area contributed by atoms with Crippen molar-refractivity contribution in [2.24, 2.45) is 5.84 Å². The summed E-state index contributed by atoms with van der Waals surface area (Å²) in [5.41, 5.74) is 5.32. The van der Waals surface area contributed by atoms with E-state index in [-0.39, 0.29) is 6.04 Å². The fourth-order valence-electron chi connectivity index (χ4n) is 1.92. The van der Waals surface area contributed by atoms with Crippen molar-refractivity contribution in [2.75, 3.05) is 0 Å². The SMILES string of the molecule is NNC(Cc1cccnc1)Cc1ccccc1Br. The van der Waals surface area contributed by atoms with Crippen LogP contribution in [0.25, 0.3) is 0 Å². The summed E-state index contributed by atoms with van der Waals surface area (Å²) in [5, 5.41) is 0. The van der Waals surface area contributed by atoms with Gasteiger partial charge in [-0.1, -0.05) is 40.2 Å². The van der Waals surface area contributed by atoms with Crippen LogP contribution in [-0.4, -0.2) is 11.0 Å². The van der Waals surface area contributed by atoms with E-state index >= 15 is 0 Å². The average Bonchev–Trinajstić information content (AvgIpc) is 2.41. The zero-order chi connectivity index (χ0) is 12.8. The van der Waals surface area contributed by atoms with Gasteiger partial charge in [-0.25, -0.2) is 0 Å². The molecule has 0 bridgehead atoms. The minimum atomic E-state index is 0.202. The van der Waals surface area contributed by atoms with E-state index in [4.69, 9.17) is 5.84 Å². The molecule has 2 aromatic rings. The van der Waals surface area contributed by atoms with Crippen LogP contribution in [0, 0.1) is 0 Å². The van der Waals surface area contributed by atoms with Gasteiger partial charge in [0.25, 0.3) is 0 Å². The van der Waals surface area contributed by atoms with E-state index in [1.165, 1.54) is 11.1 Å². The van der Waals surface area contributed by atoms with E-state index in [1.54, 1.807) is 6.20 Å². The molecule has 0 fully saturated rings. The molecule has 1 unspecified atom stereocenters. The molecule has 0 aliphatic rings. The van der Waals surface area contributed by atoms with E-state index in [0.29, 0.717) is 0 Å². The number of hydrazine groups is 1. The quantitative estimate of drug-likeness (QED) is 0.659. The van der Waals surface area contributed by atoms with Crippen LogP contribution in [0.5, 0.6) is 0 Å². The highest BCUT2D eigenvalue weighted by atomic mass is 79.9. The number of rotatable bonds is 5. The summed E-state index contributed by atoms with van der Waals surface area (Å²) in [6.45, 7) is 0. The van der Waals surface area contributed by atoms with Gasteiger partial charge in [0.15, 0.2) is 0 Å². The predicted molar refractivity (Wildman–Crippen MR) is 76.9 cm³/mol. The van der Waals surface area contributed by atoms with Gasteiger partial charge >= 0.3 is 0 Å². The van der Waals surface area contributed by atoms with Crippen LogP contribution in [0.3, 0.4) is 0 Å². The first-order chi connectivity index (χ1) is 8.79. The molecule has 0 amide bonds. The lowest BCUT2D eigenvalue weighted by Crippen LogP contribution is -2.38. The third kappa shape index (κ3) is 3.63. The standard InChI is InChI=1S/C14H16BrN3/c15-14-6-2-1-5-12(14)9-13(18-16)8-11-4-3-7-17-10-11/h1-7,10,13,18H,8-9,16H2. The van der Waals surface area contributed by atoms with Crippen LogP contribution < -0.4 is 11.3 Å². The topological polar surface area (TPSA) is 50.9 Å². The van der Waals surface area contributed by atoms with Gasteiger partial charge in [0, 0.05) is 22.9 Å². The van der Waals surface area contributed by atoms with Crippen LogP contribution in [0.1, 0.15) is 11.1 Å². The minimum Gasteiger partial charge on any atom is -0.271 e. The molecule has 18 heavy (non-hydrogen) atoms. The second kappa shape index (κ2) is 6.64. The second-order valence-corrected chi connectivity index (χ2v) is 5.08. The van der Waals surface area contributed by atoms with Crippen molar-refractivity contribution in [1.82, 2.24) is 10.4 Å². The van der Waals surface area contributed by atoms with Crippen molar-refractivity contribution in [1.29, 1.82) is 0 Å². The molecule has 4 heteroatoms. The maximum Gasteiger partial charge on any atom is 0.0300 e. The van der Waals surface area contributed by atoms with Gasteiger partial charge in [0.1, 0.15) is 0 Å². The largest absolute Gasteiger partial charge is 0.271 e. The summed E-state index contributed by atoms with van der Waals surface area (Å²) in [7, 11) is 0. The van der Waals surface area contributed by atoms with Gasteiger partial charge in [0.2, 0.25) is 0 Å². The van der Waals surface area contributed by atoms with Crippen LogP contribution >= 0.6 is 15.9 Å². The maximum atomic E-state index is 5.63. The molecule has 0 saturated carbocycles. The summed E-state index contributed by atoms with van der Waals surface area (Å²) in [6, 6.07) is 12.4. The third-order valence-corrected chi connectivity index (χ3v) is 3.64. The van der Waals surface area contributed by atoms with Gasteiger partial charge in [-0.15, -0.1) is 0 Å². The summed E-state index contributed by atoms with van der Waals surface area (Å²) >= 11 is 3.56. The summed E-state index contributed by atoms with van der Waals surface area (Å²) in [4.78, 5) is 4.12. The average molecular weight is 306 g/mol. The Morgan fingerprint density at radius 1 is 1.17 bits per heavy atom. The Balaban J connectivity index is 2.04. The van der Waals surface area contributed by atoms with Crippen molar-refractivity contribution < 1.29 is 0 Å². The Labute approximate surface area is 116 Å². The number of pyridine rings is 1. The van der Waals surface area contributed by atoms with Crippen molar-refractivity contribution >= 4 is 15.9 Å². The lowest BCUT2D eigenvalue weighted by atomic mass is 10.0. The Morgan fingerprint density at radius 3 is 2.67 bits per heavy atom. The fourth-order valence-corrected chi connectivity index (χ4v) is 2.37. The van der Waals surface area contributed by atoms with Gasteiger partial charge in [-0.2, -0.15) is 0 Å². The number of nitrogens with one attached hydrogen (secondary N) is 1. The monoisotopic (exact) mass is 305 g/mol. The Kier molecular flexibility index (Phi) is 4.87. The van der Waals surface area contributed by atoms with Gasteiger partial charge in [-0.3, -0.25) is 16.3 Å². The summed E-state index contributed by atoms with van der Waals surface area (Å²) < 4.78 is 1.12. The molecule has 3 N–H and O–H groups in total. The van der Waals surface area contributed by atoms with Gasteiger partial charge in [-0.05, 0) is 36.1 Å². The van der Waals surface area contributed by atoms with Crippen molar-refractivity contribution in [3.05, 3.63) is 64.4 Å². The number of nitrogens with zero attached hydrogens (tertiary/aromatic N) is 1. The molecule has 0 aliphatic heterocycles. The van der Waals surface area contributed by atoms with Gasteiger partial charge in [0.05, 0.1) is 0 Å². The molecule has 2 rings (SSSR count). The molecule has 3 nitrogen and oxygen atoms in total. The number of aromatic nitrogens is 1. The van der Waals surface area contributed by atoms with Gasteiger partial charge < -0.3 is 0 Å². The minimum absolute atomic E-state index is 0.202. The molecule has 1 aromatic carbocycles. The van der Waals surface area contributed by atoms with Crippen LogP contribution in [0.15, 0.2) is 53.3 Å². The molecule has 0 saturated heterocycles. The molecule has 1 heterocycles. The molecule has 1 aromatic heterocycles. The highest BCUT2D eigenvalue weighted by molar-refractivity contribution is 9.10. The van der Waals surface area contributed by atoms with Crippen LogP contribution in [0.2, 0.25) is 0 Å². The number of halogens is 1. The highest BCUT2D eigenvalue weighted by Gasteiger charge is 2.10. The lowest BCUT2D eigenvalue weighted by molar-refractivity contribution is 0.521. The zero-order valence-electron chi connectivity index (χ0n) is 10.0. The molecular formula is C14H16BrN3. The molecule has 0 spiro atoms. The first-order valence-corrected chi connectivity index (χ1v) is 6.67. The zero-order valence-corrected chi connectivity index (χ0v) is 11.6. The van der Waals surface area contributed by atoms with E-state index < -0.39 is 0 Å². The van der Waals surface area contributed by atoms with Crippen LogP contribution in [-0.2, 0) is 12.8 Å². The fraction of sp³-hybridized carbons (Fsp3) is 0.214. The molecular weight excluding hydrogens is 290 g/mol.